The maximum absolute atomic E-state index is 12.1. The summed E-state index contributed by atoms with van der Waals surface area (Å²) in [5, 5.41) is 0. The molecule has 0 atom stereocenters. The zero-order valence-corrected chi connectivity index (χ0v) is 22.8. The van der Waals surface area contributed by atoms with E-state index in [0.717, 1.165) is 45.7 Å². The molecule has 0 amide bonds. The topological polar surface area (TPSA) is 74.3 Å². The van der Waals surface area contributed by atoms with Gasteiger partial charge in [0.15, 0.2) is 0 Å². The second-order valence-electron chi connectivity index (χ2n) is 9.43. The monoisotopic (exact) mass is 559 g/mol. The highest BCUT2D eigenvalue weighted by molar-refractivity contribution is 5.77. The maximum atomic E-state index is 12.1. The molecule has 0 aliphatic carbocycles. The average molecular weight is 560 g/mol. The summed E-state index contributed by atoms with van der Waals surface area (Å²) < 4.78 is 48.6. The van der Waals surface area contributed by atoms with Crippen LogP contribution in [0, 0.1) is 13.8 Å². The summed E-state index contributed by atoms with van der Waals surface area (Å²) in [6.07, 6.45) is -5.34. The van der Waals surface area contributed by atoms with Gasteiger partial charge in [0.25, 0.3) is 0 Å². The molecule has 3 aromatic carbocycles. The summed E-state index contributed by atoms with van der Waals surface area (Å²) in [5.41, 5.74) is 5.97. The highest BCUT2D eigenvalue weighted by Crippen LogP contribution is 2.35. The molecule has 214 valence electrons. The molecule has 0 unspecified atom stereocenters. The fraction of sp³-hybridized carbons (Fsp3) is 0.333. The average Bonchev–Trinajstić information content (AvgIpc) is 2.92. The van der Waals surface area contributed by atoms with Gasteiger partial charge in [-0.3, -0.25) is 0 Å². The SMILES string of the molecule is Cc1c(OCCN(C)C)cc(-c2ccccc2)c(C)c1COc1ccc(CCC(=O)OOC(=O)C(F)(F)F)cc1. The van der Waals surface area contributed by atoms with Crippen LogP contribution in [-0.2, 0) is 32.4 Å². The number of hydrogen-bond donors (Lipinski definition) is 0. The molecular weight excluding hydrogens is 527 g/mol. The maximum Gasteiger partial charge on any atom is 0.495 e. The molecule has 0 aliphatic heterocycles. The molecule has 0 spiro atoms. The Balaban J connectivity index is 1.66. The third-order valence-electron chi connectivity index (χ3n) is 6.20. The minimum Gasteiger partial charge on any atom is -0.492 e. The van der Waals surface area contributed by atoms with E-state index in [9.17, 15) is 22.8 Å². The second-order valence-corrected chi connectivity index (χ2v) is 9.43. The third kappa shape index (κ3) is 8.74. The van der Waals surface area contributed by atoms with Crippen LogP contribution in [0.3, 0.4) is 0 Å². The highest BCUT2D eigenvalue weighted by atomic mass is 19.4. The molecule has 3 rings (SSSR count). The summed E-state index contributed by atoms with van der Waals surface area (Å²) in [6, 6.07) is 19.1. The smallest absolute Gasteiger partial charge is 0.492 e. The molecule has 0 aromatic heterocycles. The second kappa shape index (κ2) is 13.8. The number of likely N-dealkylation sites (N-methyl/N-ethyl adjacent to an activating group) is 1. The molecule has 0 bridgehead atoms. The van der Waals surface area contributed by atoms with E-state index in [-0.39, 0.29) is 12.8 Å². The minimum atomic E-state index is -5.24. The van der Waals surface area contributed by atoms with Crippen LogP contribution in [0.5, 0.6) is 11.5 Å². The van der Waals surface area contributed by atoms with E-state index in [1.165, 1.54) is 0 Å². The normalized spacial score (nSPS) is 11.3. The number of hydrogen-bond acceptors (Lipinski definition) is 7. The lowest BCUT2D eigenvalue weighted by Crippen LogP contribution is -2.26. The molecule has 0 saturated heterocycles. The summed E-state index contributed by atoms with van der Waals surface area (Å²) >= 11 is 0. The fourth-order valence-corrected chi connectivity index (χ4v) is 3.89. The van der Waals surface area contributed by atoms with Gasteiger partial charge < -0.3 is 14.4 Å². The molecule has 0 aliphatic rings. The number of alkyl halides is 3. The van der Waals surface area contributed by atoms with Crippen LogP contribution in [0.15, 0.2) is 60.7 Å². The van der Waals surface area contributed by atoms with E-state index in [1.807, 2.05) is 39.2 Å². The van der Waals surface area contributed by atoms with Crippen molar-refractivity contribution in [2.45, 2.75) is 39.5 Å². The Morgan fingerprint density at radius 2 is 1.55 bits per heavy atom. The number of ether oxygens (including phenoxy) is 2. The number of halogens is 3. The Labute approximate surface area is 231 Å². The van der Waals surface area contributed by atoms with Crippen LogP contribution in [-0.4, -0.2) is 50.3 Å². The first kappa shape index (κ1) is 30.5. The van der Waals surface area contributed by atoms with E-state index < -0.39 is 18.1 Å². The largest absolute Gasteiger partial charge is 0.495 e. The molecule has 7 nitrogen and oxygen atoms in total. The number of carbonyl (C=O) groups excluding carboxylic acids is 2. The van der Waals surface area contributed by atoms with Crippen molar-refractivity contribution in [3.05, 3.63) is 82.9 Å². The van der Waals surface area contributed by atoms with Gasteiger partial charge in [-0.05, 0) is 85.9 Å². The zero-order valence-electron chi connectivity index (χ0n) is 22.8. The molecular formula is C30H32F3NO6. The molecule has 10 heteroatoms. The summed E-state index contributed by atoms with van der Waals surface area (Å²) in [5.74, 6) is -2.28. The van der Waals surface area contributed by atoms with Gasteiger partial charge in [0.1, 0.15) is 24.7 Å². The van der Waals surface area contributed by atoms with Crippen LogP contribution in [0.25, 0.3) is 11.1 Å². The van der Waals surface area contributed by atoms with Crippen molar-refractivity contribution in [2.24, 2.45) is 0 Å². The number of nitrogens with zero attached hydrogens (tertiary/aromatic N) is 1. The van der Waals surface area contributed by atoms with Crippen LogP contribution in [0.4, 0.5) is 13.2 Å². The van der Waals surface area contributed by atoms with Crippen molar-refractivity contribution in [3.8, 4) is 22.6 Å². The molecule has 40 heavy (non-hydrogen) atoms. The first-order chi connectivity index (χ1) is 19.0. The summed E-state index contributed by atoms with van der Waals surface area (Å²) in [4.78, 5) is 31.7. The van der Waals surface area contributed by atoms with Crippen molar-refractivity contribution in [3.63, 3.8) is 0 Å². The number of rotatable bonds is 11. The molecule has 0 N–H and O–H groups in total. The van der Waals surface area contributed by atoms with Crippen molar-refractivity contribution in [1.29, 1.82) is 0 Å². The predicted molar refractivity (Wildman–Crippen MR) is 143 cm³/mol. The van der Waals surface area contributed by atoms with E-state index in [4.69, 9.17) is 9.47 Å². The Hall–Kier alpha value is -4.05. The molecule has 3 aromatic rings. The van der Waals surface area contributed by atoms with Crippen molar-refractivity contribution >= 4 is 11.9 Å². The Morgan fingerprint density at radius 3 is 2.17 bits per heavy atom. The highest BCUT2D eigenvalue weighted by Gasteiger charge is 2.43. The Bertz CT molecular complexity index is 1290. The first-order valence-electron chi connectivity index (χ1n) is 12.6. The van der Waals surface area contributed by atoms with Gasteiger partial charge in [-0.25, -0.2) is 19.4 Å². The lowest BCUT2D eigenvalue weighted by Gasteiger charge is -2.20. The lowest BCUT2D eigenvalue weighted by molar-refractivity contribution is -0.285. The Morgan fingerprint density at radius 1 is 0.875 bits per heavy atom. The molecule has 0 saturated carbocycles. The van der Waals surface area contributed by atoms with Gasteiger partial charge in [-0.1, -0.05) is 42.5 Å². The quantitative estimate of drug-likeness (QED) is 0.211. The predicted octanol–water partition coefficient (Wildman–Crippen LogP) is 5.99. The van der Waals surface area contributed by atoms with E-state index >= 15 is 0 Å². The lowest BCUT2D eigenvalue weighted by atomic mass is 9.93. The van der Waals surface area contributed by atoms with Crippen molar-refractivity contribution < 1.29 is 42.0 Å². The summed E-state index contributed by atoms with van der Waals surface area (Å²) in [7, 11) is 3.98. The number of carbonyl (C=O) groups is 2. The zero-order chi connectivity index (χ0) is 29.3. The van der Waals surface area contributed by atoms with Gasteiger partial charge in [0.05, 0.1) is 6.42 Å². The molecule has 0 heterocycles. The van der Waals surface area contributed by atoms with Crippen LogP contribution >= 0.6 is 0 Å². The standard InChI is InChI=1S/C30H32F3NO6/c1-20-25(23-8-6-5-7-9-23)18-27(37-17-16-34(3)4)21(2)26(20)19-38-24-13-10-22(11-14-24)12-15-28(35)39-40-29(36)30(31,32)33/h5-11,13-14,18H,12,15-17,19H2,1-4H3. The van der Waals surface area contributed by atoms with E-state index in [1.54, 1.807) is 24.3 Å². The van der Waals surface area contributed by atoms with Crippen molar-refractivity contribution in [2.75, 3.05) is 27.2 Å². The van der Waals surface area contributed by atoms with Gasteiger partial charge in [0, 0.05) is 6.54 Å². The summed E-state index contributed by atoms with van der Waals surface area (Å²) in [6.45, 7) is 5.71. The molecule has 0 radical (unpaired) electrons. The minimum absolute atomic E-state index is 0.174. The first-order valence-corrected chi connectivity index (χ1v) is 12.6. The van der Waals surface area contributed by atoms with Crippen LogP contribution in [0.2, 0.25) is 0 Å². The van der Waals surface area contributed by atoms with Gasteiger partial charge in [-0.2, -0.15) is 13.2 Å². The Kier molecular flexibility index (Phi) is 10.6. The van der Waals surface area contributed by atoms with Gasteiger partial charge >= 0.3 is 18.1 Å². The fourth-order valence-electron chi connectivity index (χ4n) is 3.89. The number of aryl methyl sites for hydroxylation is 1. The van der Waals surface area contributed by atoms with Crippen molar-refractivity contribution in [1.82, 2.24) is 4.90 Å². The number of benzene rings is 3. The third-order valence-corrected chi connectivity index (χ3v) is 6.20. The van der Waals surface area contributed by atoms with Gasteiger partial charge in [0.2, 0.25) is 0 Å². The van der Waals surface area contributed by atoms with E-state index in [2.05, 4.69) is 39.8 Å². The van der Waals surface area contributed by atoms with Gasteiger partial charge in [-0.15, -0.1) is 0 Å². The van der Waals surface area contributed by atoms with E-state index in [0.29, 0.717) is 19.0 Å². The van der Waals surface area contributed by atoms with Crippen LogP contribution in [0.1, 0.15) is 28.7 Å². The molecule has 0 fully saturated rings. The van der Waals surface area contributed by atoms with Crippen LogP contribution < -0.4 is 9.47 Å².